The highest BCUT2D eigenvalue weighted by Crippen LogP contribution is 2.47. The summed E-state index contributed by atoms with van der Waals surface area (Å²) in [7, 11) is 0. The van der Waals surface area contributed by atoms with Gasteiger partial charge in [0.25, 0.3) is 0 Å². The van der Waals surface area contributed by atoms with Crippen molar-refractivity contribution in [2.24, 2.45) is 5.41 Å². The van der Waals surface area contributed by atoms with Crippen molar-refractivity contribution in [2.75, 3.05) is 26.2 Å². The lowest BCUT2D eigenvalue weighted by molar-refractivity contribution is -0.170. The number of nitrogens with zero attached hydrogens (tertiary/aromatic N) is 2. The fourth-order valence-electron chi connectivity index (χ4n) is 6.61. The van der Waals surface area contributed by atoms with Crippen LogP contribution in [0.25, 0.3) is 0 Å². The third-order valence-electron chi connectivity index (χ3n) is 8.29. The van der Waals surface area contributed by atoms with Gasteiger partial charge in [-0.05, 0) is 63.1 Å². The lowest BCUT2D eigenvalue weighted by Gasteiger charge is -2.47. The summed E-state index contributed by atoms with van der Waals surface area (Å²) in [5.41, 5.74) is -3.01. The van der Waals surface area contributed by atoms with Crippen LogP contribution in [-0.2, 0) is 20.0 Å². The number of hydrogen-bond donors (Lipinski definition) is 5. The van der Waals surface area contributed by atoms with Gasteiger partial charge in [0, 0.05) is 30.7 Å². The summed E-state index contributed by atoms with van der Waals surface area (Å²) in [6, 6.07) is 7.53. The molecule has 3 aliphatic heterocycles. The Morgan fingerprint density at radius 2 is 1.45 bits per heavy atom. The van der Waals surface area contributed by atoms with Crippen molar-refractivity contribution in [3.63, 3.8) is 0 Å². The Kier molecular flexibility index (Phi) is 10.3. The molecule has 3 heterocycles. The van der Waals surface area contributed by atoms with Gasteiger partial charge in [-0.1, -0.05) is 38.5 Å². The minimum Gasteiger partial charge on any atom is -0.481 e. The van der Waals surface area contributed by atoms with E-state index in [-0.39, 0.29) is 11.2 Å². The van der Waals surface area contributed by atoms with E-state index in [2.05, 4.69) is 23.6 Å². The fourth-order valence-corrected chi connectivity index (χ4v) is 6.61. The molecule has 0 amide bonds. The maximum absolute atomic E-state index is 14.3. The predicted octanol–water partition coefficient (Wildman–Crippen LogP) is 2.90. The molecule has 0 spiro atoms. The molecular formula is C29H43FN2O8. The minimum absolute atomic E-state index is 0.242. The highest BCUT2D eigenvalue weighted by molar-refractivity contribution is 5.88. The molecule has 3 saturated heterocycles. The van der Waals surface area contributed by atoms with Crippen LogP contribution in [0.15, 0.2) is 24.3 Å². The van der Waals surface area contributed by atoms with Gasteiger partial charge in [0.2, 0.25) is 0 Å². The number of carbonyl (C=O) groups is 3. The number of halogens is 1. The van der Waals surface area contributed by atoms with Crippen molar-refractivity contribution in [3.05, 3.63) is 35.6 Å². The van der Waals surface area contributed by atoms with Gasteiger partial charge >= 0.3 is 17.9 Å². The first kappa shape index (κ1) is 31.9. The Morgan fingerprint density at radius 1 is 0.925 bits per heavy atom. The minimum atomic E-state index is -2.74. The molecule has 3 fully saturated rings. The van der Waals surface area contributed by atoms with Crippen LogP contribution in [-0.4, -0.2) is 97.1 Å². The van der Waals surface area contributed by atoms with Crippen LogP contribution in [0.5, 0.6) is 0 Å². The van der Waals surface area contributed by atoms with Crippen LogP contribution in [0.3, 0.4) is 0 Å². The quantitative estimate of drug-likeness (QED) is 0.285. The molecule has 0 radical (unpaired) electrons. The van der Waals surface area contributed by atoms with E-state index < -0.39 is 42.0 Å². The van der Waals surface area contributed by atoms with E-state index in [1.54, 1.807) is 12.1 Å². The van der Waals surface area contributed by atoms with Crippen LogP contribution >= 0.6 is 0 Å². The van der Waals surface area contributed by atoms with E-state index >= 15 is 0 Å². The maximum Gasteiger partial charge on any atom is 0.336 e. The number of rotatable bonds is 10. The normalized spacial score (nSPS) is 25.6. The average Bonchev–Trinajstić information content (AvgIpc) is 3.07. The van der Waals surface area contributed by atoms with E-state index in [4.69, 9.17) is 20.4 Å². The topological polar surface area (TPSA) is 159 Å². The Hall–Kier alpha value is -2.60. The molecule has 10 nitrogen and oxygen atoms in total. The third-order valence-corrected chi connectivity index (χ3v) is 8.29. The summed E-state index contributed by atoms with van der Waals surface area (Å²) < 4.78 is 14.3. The van der Waals surface area contributed by atoms with Gasteiger partial charge in [0.15, 0.2) is 5.60 Å². The second-order valence-corrected chi connectivity index (χ2v) is 12.5. The largest absolute Gasteiger partial charge is 0.481 e. The molecular weight excluding hydrogens is 523 g/mol. The van der Waals surface area contributed by atoms with E-state index in [1.807, 2.05) is 6.07 Å². The number of carboxylic acid groups (broad SMARTS) is 3. The zero-order chi connectivity index (χ0) is 29.7. The van der Waals surface area contributed by atoms with E-state index in [9.17, 15) is 23.9 Å². The van der Waals surface area contributed by atoms with Gasteiger partial charge in [-0.25, -0.2) is 9.18 Å². The molecule has 224 valence electrons. The van der Waals surface area contributed by atoms with Gasteiger partial charge in [0.05, 0.1) is 18.4 Å². The second-order valence-electron chi connectivity index (χ2n) is 12.5. The van der Waals surface area contributed by atoms with Crippen LogP contribution in [0, 0.1) is 11.2 Å². The smallest absolute Gasteiger partial charge is 0.336 e. The maximum atomic E-state index is 14.3. The molecule has 4 rings (SSSR count). The van der Waals surface area contributed by atoms with Crippen LogP contribution < -0.4 is 0 Å². The Labute approximate surface area is 234 Å². The highest BCUT2D eigenvalue weighted by atomic mass is 19.1. The Morgan fingerprint density at radius 3 is 1.93 bits per heavy atom. The number of hydrogen-bond acceptors (Lipinski definition) is 7. The average molecular weight is 567 g/mol. The van der Waals surface area contributed by atoms with Crippen molar-refractivity contribution in [1.29, 1.82) is 0 Å². The first-order valence-corrected chi connectivity index (χ1v) is 14.0. The molecule has 40 heavy (non-hydrogen) atoms. The summed E-state index contributed by atoms with van der Waals surface area (Å²) >= 11 is 0. The number of likely N-dealkylation sites (tertiary alicyclic amines) is 1. The van der Waals surface area contributed by atoms with Crippen molar-refractivity contribution in [1.82, 2.24) is 9.80 Å². The van der Waals surface area contributed by atoms with Crippen LogP contribution in [0.2, 0.25) is 0 Å². The summed E-state index contributed by atoms with van der Waals surface area (Å²) in [5, 5.41) is 45.1. The molecule has 1 aromatic rings. The summed E-state index contributed by atoms with van der Waals surface area (Å²) in [5.74, 6) is -5.28. The predicted molar refractivity (Wildman–Crippen MR) is 144 cm³/mol. The summed E-state index contributed by atoms with van der Waals surface area (Å²) in [6.45, 7) is 9.48. The lowest BCUT2D eigenvalue weighted by atomic mass is 9.79. The molecule has 0 aromatic heterocycles. The molecule has 1 aromatic carbocycles. The van der Waals surface area contributed by atoms with Crippen molar-refractivity contribution in [2.45, 2.75) is 94.9 Å². The Bertz CT molecular complexity index is 1030. The van der Waals surface area contributed by atoms with E-state index in [1.165, 1.54) is 38.4 Å². The monoisotopic (exact) mass is 566 g/mol. The zero-order valence-electron chi connectivity index (χ0n) is 23.4. The molecule has 2 bridgehead atoms. The summed E-state index contributed by atoms with van der Waals surface area (Å²) in [6.07, 6.45) is 5.32. The molecule has 11 heteroatoms. The SMILES string of the molecule is CC(C)(CN1CCCCC1)CN1C2CCC1CC(O)(c1ccccc1F)C2.O=C(O)CC(O)(CC(=O)O)C(=O)O. The van der Waals surface area contributed by atoms with Gasteiger partial charge in [-0.15, -0.1) is 0 Å². The van der Waals surface area contributed by atoms with Crippen LogP contribution in [0.1, 0.15) is 77.2 Å². The van der Waals surface area contributed by atoms with Crippen molar-refractivity contribution < 1.29 is 44.3 Å². The first-order valence-electron chi connectivity index (χ1n) is 14.0. The molecule has 3 aliphatic rings. The van der Waals surface area contributed by atoms with Crippen molar-refractivity contribution >= 4 is 17.9 Å². The number of benzene rings is 1. The second kappa shape index (κ2) is 12.9. The highest BCUT2D eigenvalue weighted by Gasteiger charge is 2.50. The molecule has 2 atom stereocenters. The van der Waals surface area contributed by atoms with E-state index in [0.29, 0.717) is 30.5 Å². The third kappa shape index (κ3) is 8.22. The van der Waals surface area contributed by atoms with Gasteiger partial charge in [-0.3, -0.25) is 14.5 Å². The lowest BCUT2D eigenvalue weighted by Crippen LogP contribution is -2.54. The number of carboxylic acids is 3. The first-order chi connectivity index (χ1) is 18.6. The van der Waals surface area contributed by atoms with Gasteiger partial charge in [0.1, 0.15) is 5.82 Å². The number of piperidine rings is 2. The van der Waals surface area contributed by atoms with Crippen molar-refractivity contribution in [3.8, 4) is 0 Å². The Balaban J connectivity index is 0.000000289. The number of aliphatic carboxylic acids is 3. The van der Waals surface area contributed by atoms with Gasteiger partial charge < -0.3 is 30.4 Å². The van der Waals surface area contributed by atoms with Gasteiger partial charge in [-0.2, -0.15) is 0 Å². The molecule has 0 aliphatic carbocycles. The standard InChI is InChI=1S/C23H35FN2O.C6H8O7/c1-22(2,16-25-12-6-3-7-13-25)17-26-18-10-11-19(26)15-23(27,14-18)20-8-4-5-9-21(20)24;7-3(8)1-6(13,5(11)12)2-4(9)10/h4-5,8-9,18-19,27H,3,6-7,10-17H2,1-2H3;13H,1-2H2,(H,7,8)(H,9,10)(H,11,12). The summed E-state index contributed by atoms with van der Waals surface area (Å²) in [4.78, 5) is 35.8. The zero-order valence-corrected chi connectivity index (χ0v) is 23.4. The van der Waals surface area contributed by atoms with E-state index in [0.717, 1.165) is 25.9 Å². The fraction of sp³-hybridized carbons (Fsp3) is 0.690. The number of aliphatic hydroxyl groups is 2. The number of fused-ring (bicyclic) bond motifs is 2. The van der Waals surface area contributed by atoms with Crippen LogP contribution in [0.4, 0.5) is 4.39 Å². The molecule has 5 N–H and O–H groups in total. The molecule has 0 saturated carbocycles. The molecule has 2 unspecified atom stereocenters.